The first-order chi connectivity index (χ1) is 9.58. The molecule has 1 aromatic heterocycles. The Balaban J connectivity index is 2.18. The number of benzene rings is 1. The molecular formula is C16H20FN3. The quantitative estimate of drug-likeness (QED) is 0.911. The molecule has 3 nitrogen and oxygen atoms in total. The van der Waals surface area contributed by atoms with Gasteiger partial charge in [-0.25, -0.2) is 4.39 Å². The van der Waals surface area contributed by atoms with Gasteiger partial charge in [-0.15, -0.1) is 0 Å². The molecule has 4 heteroatoms. The number of aromatic nitrogens is 1. The number of rotatable bonds is 5. The fourth-order valence-electron chi connectivity index (χ4n) is 2.53. The molecule has 0 aliphatic rings. The number of hydrogen-bond donors (Lipinski definition) is 1. The van der Waals surface area contributed by atoms with Crippen LogP contribution >= 0.6 is 0 Å². The van der Waals surface area contributed by atoms with Crippen LogP contribution in [0.2, 0.25) is 0 Å². The minimum absolute atomic E-state index is 0.0437. The van der Waals surface area contributed by atoms with Crippen LogP contribution in [0.1, 0.15) is 24.1 Å². The number of halogens is 1. The van der Waals surface area contributed by atoms with E-state index in [2.05, 4.69) is 9.88 Å². The fraction of sp³-hybridized carbons (Fsp3) is 0.312. The van der Waals surface area contributed by atoms with E-state index in [0.717, 1.165) is 11.1 Å². The van der Waals surface area contributed by atoms with Gasteiger partial charge in [-0.05, 0) is 43.3 Å². The predicted octanol–water partition coefficient (Wildman–Crippen LogP) is 2.74. The van der Waals surface area contributed by atoms with Crippen LogP contribution in [0.15, 0.2) is 48.8 Å². The highest BCUT2D eigenvalue weighted by molar-refractivity contribution is 5.19. The number of likely N-dealkylation sites (N-methyl/N-ethyl adjacent to an activating group) is 1. The van der Waals surface area contributed by atoms with Gasteiger partial charge < -0.3 is 5.73 Å². The van der Waals surface area contributed by atoms with Gasteiger partial charge in [0, 0.05) is 25.0 Å². The molecule has 2 rings (SSSR count). The molecule has 0 saturated heterocycles. The van der Waals surface area contributed by atoms with Crippen molar-refractivity contribution in [1.82, 2.24) is 9.88 Å². The van der Waals surface area contributed by atoms with Crippen molar-refractivity contribution in [2.75, 3.05) is 7.05 Å². The van der Waals surface area contributed by atoms with E-state index in [0.29, 0.717) is 6.54 Å². The van der Waals surface area contributed by atoms with E-state index in [4.69, 9.17) is 5.73 Å². The summed E-state index contributed by atoms with van der Waals surface area (Å²) in [7, 11) is 1.99. The molecule has 1 aromatic carbocycles. The zero-order valence-corrected chi connectivity index (χ0v) is 11.8. The standard InChI is InChI=1S/C16H20FN3/c1-12(18)16(14-6-4-8-19-10-14)20(2)11-13-5-3-7-15(17)9-13/h3-10,12,16H,11,18H2,1-2H3. The maximum Gasteiger partial charge on any atom is 0.123 e. The average molecular weight is 273 g/mol. The first-order valence-corrected chi connectivity index (χ1v) is 6.68. The molecule has 2 atom stereocenters. The second-order valence-electron chi connectivity index (χ2n) is 5.14. The van der Waals surface area contributed by atoms with E-state index < -0.39 is 0 Å². The summed E-state index contributed by atoms with van der Waals surface area (Å²) >= 11 is 0. The van der Waals surface area contributed by atoms with Gasteiger partial charge in [-0.1, -0.05) is 18.2 Å². The summed E-state index contributed by atoms with van der Waals surface area (Å²) in [6.07, 6.45) is 3.57. The van der Waals surface area contributed by atoms with Crippen LogP contribution in [0.5, 0.6) is 0 Å². The second kappa shape index (κ2) is 6.59. The summed E-state index contributed by atoms with van der Waals surface area (Å²) in [6, 6.07) is 10.6. The van der Waals surface area contributed by atoms with E-state index in [1.807, 2.05) is 38.4 Å². The highest BCUT2D eigenvalue weighted by Gasteiger charge is 2.21. The maximum atomic E-state index is 13.2. The van der Waals surface area contributed by atoms with Crippen LogP contribution in [0, 0.1) is 5.82 Å². The van der Waals surface area contributed by atoms with Crippen molar-refractivity contribution in [2.24, 2.45) is 5.73 Å². The first kappa shape index (κ1) is 14.6. The van der Waals surface area contributed by atoms with Gasteiger partial charge >= 0.3 is 0 Å². The van der Waals surface area contributed by atoms with Crippen LogP contribution < -0.4 is 5.73 Å². The summed E-state index contributed by atoms with van der Waals surface area (Å²) in [4.78, 5) is 6.27. The lowest BCUT2D eigenvalue weighted by molar-refractivity contribution is 0.210. The number of nitrogens with zero attached hydrogens (tertiary/aromatic N) is 2. The lowest BCUT2D eigenvalue weighted by Gasteiger charge is -2.31. The molecule has 2 unspecified atom stereocenters. The monoisotopic (exact) mass is 273 g/mol. The minimum Gasteiger partial charge on any atom is -0.326 e. The van der Waals surface area contributed by atoms with Crippen molar-refractivity contribution in [3.05, 3.63) is 65.7 Å². The third kappa shape index (κ3) is 3.62. The van der Waals surface area contributed by atoms with Gasteiger partial charge in [-0.2, -0.15) is 0 Å². The van der Waals surface area contributed by atoms with E-state index >= 15 is 0 Å². The highest BCUT2D eigenvalue weighted by atomic mass is 19.1. The number of hydrogen-bond acceptors (Lipinski definition) is 3. The molecule has 0 radical (unpaired) electrons. The molecule has 106 valence electrons. The Hall–Kier alpha value is -1.78. The van der Waals surface area contributed by atoms with Crippen molar-refractivity contribution in [1.29, 1.82) is 0 Å². The Bertz CT molecular complexity index is 542. The molecule has 0 bridgehead atoms. The zero-order chi connectivity index (χ0) is 14.5. The van der Waals surface area contributed by atoms with Crippen molar-refractivity contribution < 1.29 is 4.39 Å². The topological polar surface area (TPSA) is 42.1 Å². The van der Waals surface area contributed by atoms with Crippen LogP contribution in [-0.2, 0) is 6.54 Å². The second-order valence-corrected chi connectivity index (χ2v) is 5.14. The molecule has 20 heavy (non-hydrogen) atoms. The van der Waals surface area contributed by atoms with Crippen molar-refractivity contribution in [3.63, 3.8) is 0 Å². The van der Waals surface area contributed by atoms with Crippen molar-refractivity contribution in [2.45, 2.75) is 25.6 Å². The van der Waals surface area contributed by atoms with Crippen LogP contribution in [0.3, 0.4) is 0 Å². The SMILES string of the molecule is CC(N)C(c1cccnc1)N(C)Cc1cccc(F)c1. The molecule has 0 amide bonds. The summed E-state index contributed by atoms with van der Waals surface area (Å²) in [6.45, 7) is 2.61. The van der Waals surface area contributed by atoms with Crippen molar-refractivity contribution >= 4 is 0 Å². The maximum absolute atomic E-state index is 13.2. The Morgan fingerprint density at radius 2 is 2.10 bits per heavy atom. The molecular weight excluding hydrogens is 253 g/mol. The largest absolute Gasteiger partial charge is 0.326 e. The highest BCUT2D eigenvalue weighted by Crippen LogP contribution is 2.23. The Morgan fingerprint density at radius 1 is 1.30 bits per heavy atom. The average Bonchev–Trinajstić information content (AvgIpc) is 2.39. The molecule has 2 N–H and O–H groups in total. The Morgan fingerprint density at radius 3 is 2.70 bits per heavy atom. The van der Waals surface area contributed by atoms with E-state index in [9.17, 15) is 4.39 Å². The van der Waals surface area contributed by atoms with Gasteiger partial charge in [0.15, 0.2) is 0 Å². The molecule has 0 fully saturated rings. The van der Waals surface area contributed by atoms with E-state index in [1.165, 1.54) is 6.07 Å². The molecule has 0 saturated carbocycles. The predicted molar refractivity (Wildman–Crippen MR) is 78.5 cm³/mol. The van der Waals surface area contributed by atoms with Gasteiger partial charge in [-0.3, -0.25) is 9.88 Å². The molecule has 0 spiro atoms. The first-order valence-electron chi connectivity index (χ1n) is 6.68. The van der Waals surface area contributed by atoms with Crippen molar-refractivity contribution in [3.8, 4) is 0 Å². The van der Waals surface area contributed by atoms with Gasteiger partial charge in [0.1, 0.15) is 5.82 Å². The van der Waals surface area contributed by atoms with Gasteiger partial charge in [0.05, 0.1) is 6.04 Å². The molecule has 2 aromatic rings. The molecule has 1 heterocycles. The minimum atomic E-state index is -0.213. The third-order valence-electron chi connectivity index (χ3n) is 3.32. The van der Waals surface area contributed by atoms with Gasteiger partial charge in [0.25, 0.3) is 0 Å². The summed E-state index contributed by atoms with van der Waals surface area (Å²) in [5.74, 6) is -0.213. The fourth-order valence-corrected chi connectivity index (χ4v) is 2.53. The Labute approximate surface area is 119 Å². The molecule has 0 aliphatic heterocycles. The Kier molecular flexibility index (Phi) is 4.82. The molecule has 0 aliphatic carbocycles. The lowest BCUT2D eigenvalue weighted by atomic mass is 10.0. The number of nitrogens with two attached hydrogens (primary N) is 1. The van der Waals surface area contributed by atoms with E-state index in [-0.39, 0.29) is 17.9 Å². The smallest absolute Gasteiger partial charge is 0.123 e. The van der Waals surface area contributed by atoms with Crippen LogP contribution in [0.25, 0.3) is 0 Å². The van der Waals surface area contributed by atoms with E-state index in [1.54, 1.807) is 18.3 Å². The number of pyridine rings is 1. The normalized spacial score (nSPS) is 14.2. The zero-order valence-electron chi connectivity index (χ0n) is 11.8. The third-order valence-corrected chi connectivity index (χ3v) is 3.32. The summed E-state index contributed by atoms with van der Waals surface area (Å²) in [5, 5.41) is 0. The van der Waals surface area contributed by atoms with Crippen LogP contribution in [-0.4, -0.2) is 23.0 Å². The van der Waals surface area contributed by atoms with Crippen LogP contribution in [0.4, 0.5) is 4.39 Å². The van der Waals surface area contributed by atoms with Gasteiger partial charge in [0.2, 0.25) is 0 Å². The lowest BCUT2D eigenvalue weighted by Crippen LogP contribution is -2.37. The summed E-state index contributed by atoms with van der Waals surface area (Å²) < 4.78 is 13.2. The summed E-state index contributed by atoms with van der Waals surface area (Å²) in [5.41, 5.74) is 8.11.